The summed E-state index contributed by atoms with van der Waals surface area (Å²) in [5, 5.41) is 3.34. The van der Waals surface area contributed by atoms with Crippen molar-refractivity contribution >= 4 is 11.9 Å². The molecule has 1 aliphatic rings. The first-order valence-electron chi connectivity index (χ1n) is 6.12. The van der Waals surface area contributed by atoms with E-state index < -0.39 is 0 Å². The predicted molar refractivity (Wildman–Crippen MR) is 70.0 cm³/mol. The molecule has 2 aromatic rings. The summed E-state index contributed by atoms with van der Waals surface area (Å²) in [7, 11) is 0. The number of hydrogen-bond donors (Lipinski definition) is 2. The number of nitrogen functional groups attached to an aromatic ring is 1. The van der Waals surface area contributed by atoms with Crippen molar-refractivity contribution in [2.24, 2.45) is 0 Å². The molecule has 1 aliphatic carbocycles. The average Bonchev–Trinajstić information content (AvgIpc) is 2.39. The zero-order valence-corrected chi connectivity index (χ0v) is 10.0. The van der Waals surface area contributed by atoms with Crippen LogP contribution < -0.4 is 11.1 Å². The van der Waals surface area contributed by atoms with Crippen LogP contribution in [0.4, 0.5) is 11.9 Å². The Balaban J connectivity index is 1.86. The molecule has 3 N–H and O–H groups in total. The van der Waals surface area contributed by atoms with Gasteiger partial charge in [-0.2, -0.15) is 4.98 Å². The molecule has 18 heavy (non-hydrogen) atoms. The van der Waals surface area contributed by atoms with Gasteiger partial charge in [0.15, 0.2) is 0 Å². The Morgan fingerprint density at radius 1 is 1.22 bits per heavy atom. The third-order valence-corrected chi connectivity index (χ3v) is 3.26. The van der Waals surface area contributed by atoms with Gasteiger partial charge in [-0.25, -0.2) is 9.97 Å². The number of nitrogens with two attached hydrogens (primary N) is 1. The van der Waals surface area contributed by atoms with Crippen LogP contribution in [0, 0.1) is 0 Å². The first-order chi connectivity index (χ1) is 8.83. The summed E-state index contributed by atoms with van der Waals surface area (Å²) in [5.74, 6) is 0.792. The molecule has 0 bridgehead atoms. The standard InChI is InChI=1S/C13H15N5/c14-12-15-8-16-13(18-12)17-11-7-3-5-9-4-1-2-6-10(9)11/h1-2,4,6,8,11H,3,5,7H2,(H3,14,15,16,17,18)/t11-/m0/s1. The first kappa shape index (κ1) is 11.0. The normalized spacial score (nSPS) is 18.1. The summed E-state index contributed by atoms with van der Waals surface area (Å²) in [4.78, 5) is 12.0. The van der Waals surface area contributed by atoms with Gasteiger partial charge in [0.1, 0.15) is 6.33 Å². The number of aryl methyl sites for hydroxylation is 1. The zero-order valence-electron chi connectivity index (χ0n) is 10.0. The highest BCUT2D eigenvalue weighted by Gasteiger charge is 2.20. The minimum Gasteiger partial charge on any atom is -0.368 e. The summed E-state index contributed by atoms with van der Waals surface area (Å²) < 4.78 is 0. The maximum absolute atomic E-state index is 5.56. The molecule has 1 atom stereocenters. The summed E-state index contributed by atoms with van der Waals surface area (Å²) in [5.41, 5.74) is 8.30. The van der Waals surface area contributed by atoms with Crippen molar-refractivity contribution in [1.82, 2.24) is 15.0 Å². The first-order valence-corrected chi connectivity index (χ1v) is 6.12. The lowest BCUT2D eigenvalue weighted by Gasteiger charge is -2.26. The van der Waals surface area contributed by atoms with Gasteiger partial charge < -0.3 is 11.1 Å². The second-order valence-electron chi connectivity index (χ2n) is 4.46. The van der Waals surface area contributed by atoms with Gasteiger partial charge in [0.2, 0.25) is 11.9 Å². The molecule has 0 aliphatic heterocycles. The highest BCUT2D eigenvalue weighted by molar-refractivity contribution is 5.39. The van der Waals surface area contributed by atoms with Crippen LogP contribution in [-0.4, -0.2) is 15.0 Å². The fraction of sp³-hybridized carbons (Fsp3) is 0.308. The van der Waals surface area contributed by atoms with E-state index in [1.54, 1.807) is 0 Å². The lowest BCUT2D eigenvalue weighted by molar-refractivity contribution is 0.596. The van der Waals surface area contributed by atoms with Crippen LogP contribution in [0.15, 0.2) is 30.6 Å². The lowest BCUT2D eigenvalue weighted by Crippen LogP contribution is -2.18. The van der Waals surface area contributed by atoms with E-state index in [1.807, 2.05) is 0 Å². The Kier molecular flexibility index (Phi) is 2.80. The summed E-state index contributed by atoms with van der Waals surface area (Å²) in [6.45, 7) is 0. The molecule has 3 rings (SSSR count). The van der Waals surface area contributed by atoms with Crippen LogP contribution in [0.3, 0.4) is 0 Å². The topological polar surface area (TPSA) is 76.7 Å². The second kappa shape index (κ2) is 4.60. The molecule has 0 saturated carbocycles. The van der Waals surface area contributed by atoms with E-state index >= 15 is 0 Å². The van der Waals surface area contributed by atoms with Gasteiger partial charge in [-0.15, -0.1) is 0 Å². The number of rotatable bonds is 2. The van der Waals surface area contributed by atoms with Crippen LogP contribution >= 0.6 is 0 Å². The number of anilines is 2. The Bertz CT molecular complexity index is 555. The minimum absolute atomic E-state index is 0.247. The Morgan fingerprint density at radius 2 is 2.11 bits per heavy atom. The van der Waals surface area contributed by atoms with Crippen LogP contribution in [0.25, 0.3) is 0 Å². The van der Waals surface area contributed by atoms with Crippen LogP contribution in [0.2, 0.25) is 0 Å². The van der Waals surface area contributed by atoms with Crippen LogP contribution in [0.5, 0.6) is 0 Å². The molecule has 1 aromatic heterocycles. The van der Waals surface area contributed by atoms with E-state index in [0.29, 0.717) is 5.95 Å². The van der Waals surface area contributed by atoms with Crippen LogP contribution in [-0.2, 0) is 6.42 Å². The van der Waals surface area contributed by atoms with E-state index in [2.05, 4.69) is 44.5 Å². The number of fused-ring (bicyclic) bond motifs is 1. The maximum Gasteiger partial charge on any atom is 0.227 e. The average molecular weight is 241 g/mol. The quantitative estimate of drug-likeness (QED) is 0.840. The van der Waals surface area contributed by atoms with E-state index in [1.165, 1.54) is 23.9 Å². The van der Waals surface area contributed by atoms with Crippen molar-refractivity contribution in [3.05, 3.63) is 41.7 Å². The highest BCUT2D eigenvalue weighted by atomic mass is 15.2. The van der Waals surface area contributed by atoms with Crippen molar-refractivity contribution in [2.45, 2.75) is 25.3 Å². The van der Waals surface area contributed by atoms with E-state index in [-0.39, 0.29) is 12.0 Å². The minimum atomic E-state index is 0.247. The van der Waals surface area contributed by atoms with Gasteiger partial charge in [0, 0.05) is 0 Å². The van der Waals surface area contributed by atoms with Crippen molar-refractivity contribution in [2.75, 3.05) is 11.1 Å². The van der Waals surface area contributed by atoms with Gasteiger partial charge in [-0.05, 0) is 30.4 Å². The molecule has 0 spiro atoms. The molecule has 0 fully saturated rings. The molecule has 0 amide bonds. The van der Waals surface area contributed by atoms with Crippen LogP contribution in [0.1, 0.15) is 30.0 Å². The number of benzene rings is 1. The molecule has 5 heteroatoms. The molecule has 1 aromatic carbocycles. The van der Waals surface area contributed by atoms with Gasteiger partial charge in [-0.1, -0.05) is 24.3 Å². The van der Waals surface area contributed by atoms with Crippen molar-refractivity contribution in [1.29, 1.82) is 0 Å². The Morgan fingerprint density at radius 3 is 3.00 bits per heavy atom. The summed E-state index contributed by atoms with van der Waals surface area (Å²) in [6.07, 6.45) is 4.84. The third-order valence-electron chi connectivity index (χ3n) is 3.26. The molecule has 1 heterocycles. The maximum atomic E-state index is 5.56. The van der Waals surface area contributed by atoms with Crippen molar-refractivity contribution < 1.29 is 0 Å². The highest BCUT2D eigenvalue weighted by Crippen LogP contribution is 2.31. The number of hydrogen-bond acceptors (Lipinski definition) is 5. The monoisotopic (exact) mass is 241 g/mol. The summed E-state index contributed by atoms with van der Waals surface area (Å²) >= 11 is 0. The molecule has 0 saturated heterocycles. The largest absolute Gasteiger partial charge is 0.368 e. The zero-order chi connectivity index (χ0) is 12.4. The lowest BCUT2D eigenvalue weighted by atomic mass is 9.88. The molecule has 5 nitrogen and oxygen atoms in total. The fourth-order valence-electron chi connectivity index (χ4n) is 2.44. The van der Waals surface area contributed by atoms with Crippen molar-refractivity contribution in [3.63, 3.8) is 0 Å². The number of nitrogens with zero attached hydrogens (tertiary/aromatic N) is 3. The molecule has 0 unspecified atom stereocenters. The molecular weight excluding hydrogens is 226 g/mol. The Hall–Kier alpha value is -2.17. The van der Waals surface area contributed by atoms with E-state index in [9.17, 15) is 0 Å². The third kappa shape index (κ3) is 2.11. The number of nitrogens with one attached hydrogen (secondary N) is 1. The van der Waals surface area contributed by atoms with Gasteiger partial charge in [0.05, 0.1) is 6.04 Å². The summed E-state index contributed by atoms with van der Waals surface area (Å²) in [6, 6.07) is 8.77. The molecule has 92 valence electrons. The van der Waals surface area contributed by atoms with E-state index in [0.717, 1.165) is 12.8 Å². The van der Waals surface area contributed by atoms with Gasteiger partial charge >= 0.3 is 0 Å². The fourth-order valence-corrected chi connectivity index (χ4v) is 2.44. The van der Waals surface area contributed by atoms with Gasteiger partial charge in [-0.3, -0.25) is 0 Å². The SMILES string of the molecule is Nc1ncnc(N[C@H]2CCCc3ccccc32)n1. The molecule has 0 radical (unpaired) electrons. The molecular formula is C13H15N5. The van der Waals surface area contributed by atoms with Gasteiger partial charge in [0.25, 0.3) is 0 Å². The second-order valence-corrected chi connectivity index (χ2v) is 4.46. The number of aromatic nitrogens is 3. The smallest absolute Gasteiger partial charge is 0.227 e. The predicted octanol–water partition coefficient (Wildman–Crippen LogP) is 1.94. The Labute approximate surface area is 105 Å². The van der Waals surface area contributed by atoms with Crippen molar-refractivity contribution in [3.8, 4) is 0 Å². The van der Waals surface area contributed by atoms with E-state index in [4.69, 9.17) is 5.73 Å².